The van der Waals surface area contributed by atoms with Crippen molar-refractivity contribution in [1.29, 1.82) is 0 Å². The molecule has 8 nitrogen and oxygen atoms in total. The first-order valence-electron chi connectivity index (χ1n) is 8.76. The van der Waals surface area contributed by atoms with E-state index in [2.05, 4.69) is 10.3 Å². The van der Waals surface area contributed by atoms with E-state index in [1.165, 1.54) is 16.7 Å². The maximum absolute atomic E-state index is 13.0. The molecule has 0 bridgehead atoms. The summed E-state index contributed by atoms with van der Waals surface area (Å²) in [5.41, 5.74) is 2.35. The average molecular weight is 376 g/mol. The third-order valence-corrected chi connectivity index (χ3v) is 4.85. The summed E-state index contributed by atoms with van der Waals surface area (Å²) in [6.45, 7) is 0. The minimum absolute atomic E-state index is 0.00527. The van der Waals surface area contributed by atoms with Crippen molar-refractivity contribution in [2.24, 2.45) is 0 Å². The number of carbonyl (C=O) groups excluding carboxylic acids is 1. The van der Waals surface area contributed by atoms with Gasteiger partial charge in [-0.1, -0.05) is 6.08 Å². The van der Waals surface area contributed by atoms with Crippen LogP contribution in [-0.4, -0.2) is 20.4 Å². The maximum atomic E-state index is 13.0. The molecular weight excluding hydrogens is 360 g/mol. The lowest BCUT2D eigenvalue weighted by Crippen LogP contribution is -2.28. The number of nitrogens with zero attached hydrogens (tertiary/aromatic N) is 3. The van der Waals surface area contributed by atoms with E-state index in [0.29, 0.717) is 36.2 Å². The van der Waals surface area contributed by atoms with Crippen molar-refractivity contribution >= 4 is 17.3 Å². The van der Waals surface area contributed by atoms with Gasteiger partial charge in [0.25, 0.3) is 17.2 Å². The SMILES string of the molecule is O=C(Nc1ccncc1)c1cccn(C2=C3CC=CC([N+](=O)[O-])=C3CC2)c1=O. The summed E-state index contributed by atoms with van der Waals surface area (Å²) in [7, 11) is 0. The van der Waals surface area contributed by atoms with Crippen molar-refractivity contribution in [2.45, 2.75) is 19.3 Å². The highest BCUT2D eigenvalue weighted by Crippen LogP contribution is 2.40. The summed E-state index contributed by atoms with van der Waals surface area (Å²) in [5.74, 6) is -0.514. The van der Waals surface area contributed by atoms with E-state index in [1.807, 2.05) is 0 Å². The van der Waals surface area contributed by atoms with Gasteiger partial charge in [-0.3, -0.25) is 29.3 Å². The zero-order valence-corrected chi connectivity index (χ0v) is 14.8. The Balaban J connectivity index is 1.73. The molecule has 0 saturated heterocycles. The predicted octanol–water partition coefficient (Wildman–Crippen LogP) is 2.99. The molecule has 28 heavy (non-hydrogen) atoms. The molecule has 4 rings (SSSR count). The number of nitrogens with one attached hydrogen (secondary N) is 1. The Morgan fingerprint density at radius 3 is 2.71 bits per heavy atom. The van der Waals surface area contributed by atoms with E-state index in [9.17, 15) is 19.7 Å². The summed E-state index contributed by atoms with van der Waals surface area (Å²) in [6, 6.07) is 6.36. The van der Waals surface area contributed by atoms with Crippen LogP contribution in [0.5, 0.6) is 0 Å². The Bertz CT molecular complexity index is 1130. The van der Waals surface area contributed by atoms with Gasteiger partial charge in [0.1, 0.15) is 5.56 Å². The Labute approximate surface area is 159 Å². The summed E-state index contributed by atoms with van der Waals surface area (Å²) in [4.78, 5) is 40.3. The Kier molecular flexibility index (Phi) is 4.44. The molecule has 2 heterocycles. The molecule has 2 aliphatic carbocycles. The summed E-state index contributed by atoms with van der Waals surface area (Å²) < 4.78 is 1.43. The summed E-state index contributed by atoms with van der Waals surface area (Å²) >= 11 is 0. The fraction of sp³-hybridized carbons (Fsp3) is 0.150. The van der Waals surface area contributed by atoms with Crippen LogP contribution < -0.4 is 10.9 Å². The van der Waals surface area contributed by atoms with Crippen LogP contribution in [0.25, 0.3) is 5.70 Å². The highest BCUT2D eigenvalue weighted by molar-refractivity contribution is 6.04. The van der Waals surface area contributed by atoms with Gasteiger partial charge in [0.15, 0.2) is 0 Å². The van der Waals surface area contributed by atoms with E-state index in [1.54, 1.807) is 42.9 Å². The van der Waals surface area contributed by atoms with Gasteiger partial charge >= 0.3 is 0 Å². The molecule has 2 aromatic heterocycles. The molecule has 0 fully saturated rings. The van der Waals surface area contributed by atoms with Gasteiger partial charge in [0.05, 0.1) is 4.92 Å². The fourth-order valence-corrected chi connectivity index (χ4v) is 3.58. The number of amides is 1. The van der Waals surface area contributed by atoms with Crippen molar-refractivity contribution < 1.29 is 9.72 Å². The lowest BCUT2D eigenvalue weighted by atomic mass is 9.98. The third kappa shape index (κ3) is 3.05. The smallest absolute Gasteiger partial charge is 0.272 e. The van der Waals surface area contributed by atoms with Crippen LogP contribution in [0.2, 0.25) is 0 Å². The largest absolute Gasteiger partial charge is 0.322 e. The second-order valence-electron chi connectivity index (χ2n) is 6.44. The molecule has 140 valence electrons. The van der Waals surface area contributed by atoms with Crippen molar-refractivity contribution in [3.63, 3.8) is 0 Å². The highest BCUT2D eigenvalue weighted by atomic mass is 16.6. The van der Waals surface area contributed by atoms with Gasteiger partial charge in [-0.05, 0) is 49.1 Å². The first kappa shape index (κ1) is 17.6. The van der Waals surface area contributed by atoms with E-state index < -0.39 is 16.4 Å². The second-order valence-corrected chi connectivity index (χ2v) is 6.44. The van der Waals surface area contributed by atoms with Crippen LogP contribution in [0.3, 0.4) is 0 Å². The molecule has 0 saturated carbocycles. The molecule has 0 unspecified atom stereocenters. The number of aromatic nitrogens is 2. The molecule has 1 N–H and O–H groups in total. The molecule has 8 heteroatoms. The number of hydrogen-bond donors (Lipinski definition) is 1. The first-order chi connectivity index (χ1) is 13.6. The Morgan fingerprint density at radius 1 is 1.18 bits per heavy atom. The lowest BCUT2D eigenvalue weighted by Gasteiger charge is -2.13. The van der Waals surface area contributed by atoms with E-state index in [-0.39, 0.29) is 11.3 Å². The number of nitro groups is 1. The molecule has 0 radical (unpaired) electrons. The molecule has 0 aliphatic heterocycles. The molecular formula is C20H16N4O4. The molecule has 0 atom stereocenters. The number of allylic oxidation sites excluding steroid dienone is 5. The van der Waals surface area contributed by atoms with Crippen LogP contribution in [0.1, 0.15) is 29.6 Å². The third-order valence-electron chi connectivity index (χ3n) is 4.85. The predicted molar refractivity (Wildman–Crippen MR) is 103 cm³/mol. The summed E-state index contributed by atoms with van der Waals surface area (Å²) in [6.07, 6.45) is 9.48. The number of fused-ring (bicyclic) bond motifs is 1. The molecule has 2 aromatic rings. The summed E-state index contributed by atoms with van der Waals surface area (Å²) in [5, 5.41) is 13.9. The number of hydrogen-bond acceptors (Lipinski definition) is 5. The standard InChI is InChI=1S/C20H16N4O4/c25-19(22-13-8-10-21-11-9-13)16-4-2-12-23(20(16)26)17-7-6-15-14(17)3-1-5-18(15)24(27)28/h1-2,4-5,8-12H,3,6-7H2,(H,21,22,25). The van der Waals surface area contributed by atoms with E-state index in [0.717, 1.165) is 5.57 Å². The van der Waals surface area contributed by atoms with Crippen molar-refractivity contribution in [3.05, 3.63) is 97.9 Å². The van der Waals surface area contributed by atoms with Gasteiger partial charge in [0, 0.05) is 41.6 Å². The Hall–Kier alpha value is -3.81. The van der Waals surface area contributed by atoms with Crippen molar-refractivity contribution in [1.82, 2.24) is 9.55 Å². The van der Waals surface area contributed by atoms with Crippen LogP contribution in [0, 0.1) is 10.1 Å². The second kappa shape index (κ2) is 7.07. The topological polar surface area (TPSA) is 107 Å². The van der Waals surface area contributed by atoms with Gasteiger partial charge in [-0.2, -0.15) is 0 Å². The first-order valence-corrected chi connectivity index (χ1v) is 8.76. The number of rotatable bonds is 4. The number of anilines is 1. The molecule has 2 aliphatic rings. The zero-order valence-electron chi connectivity index (χ0n) is 14.8. The fourth-order valence-electron chi connectivity index (χ4n) is 3.58. The average Bonchev–Trinajstić information content (AvgIpc) is 3.12. The highest BCUT2D eigenvalue weighted by Gasteiger charge is 2.30. The van der Waals surface area contributed by atoms with Crippen molar-refractivity contribution in [3.8, 4) is 0 Å². The zero-order chi connectivity index (χ0) is 19.7. The van der Waals surface area contributed by atoms with Gasteiger partial charge in [-0.25, -0.2) is 0 Å². The lowest BCUT2D eigenvalue weighted by molar-refractivity contribution is -0.420. The van der Waals surface area contributed by atoms with Gasteiger partial charge in [-0.15, -0.1) is 0 Å². The van der Waals surface area contributed by atoms with Crippen LogP contribution in [0.15, 0.2) is 76.6 Å². The monoisotopic (exact) mass is 376 g/mol. The maximum Gasteiger partial charge on any atom is 0.272 e. The minimum atomic E-state index is -0.514. The molecule has 1 amide bonds. The number of carbonyl (C=O) groups is 1. The normalized spacial score (nSPS) is 15.6. The minimum Gasteiger partial charge on any atom is -0.322 e. The Morgan fingerprint density at radius 2 is 1.96 bits per heavy atom. The van der Waals surface area contributed by atoms with Gasteiger partial charge in [0.2, 0.25) is 0 Å². The quantitative estimate of drug-likeness (QED) is 0.652. The van der Waals surface area contributed by atoms with Crippen molar-refractivity contribution in [2.75, 3.05) is 5.32 Å². The molecule has 0 aromatic carbocycles. The van der Waals surface area contributed by atoms with Crippen LogP contribution in [0.4, 0.5) is 5.69 Å². The van der Waals surface area contributed by atoms with Crippen LogP contribution >= 0.6 is 0 Å². The van der Waals surface area contributed by atoms with E-state index in [4.69, 9.17) is 0 Å². The van der Waals surface area contributed by atoms with E-state index >= 15 is 0 Å². The van der Waals surface area contributed by atoms with Crippen LogP contribution in [-0.2, 0) is 0 Å². The number of pyridine rings is 2. The van der Waals surface area contributed by atoms with Gasteiger partial charge < -0.3 is 5.32 Å². The molecule has 0 spiro atoms.